The van der Waals surface area contributed by atoms with Gasteiger partial charge in [-0.2, -0.15) is 5.26 Å². The lowest BCUT2D eigenvalue weighted by molar-refractivity contribution is -0.139. The highest BCUT2D eigenvalue weighted by atomic mass is 35.5. The fourth-order valence-electron chi connectivity index (χ4n) is 3.21. The number of aryl methyl sites for hydroxylation is 1. The number of aromatic nitrogens is 1. The van der Waals surface area contributed by atoms with Gasteiger partial charge in [-0.15, -0.1) is 0 Å². The number of nitriles is 1. The molecule has 0 saturated heterocycles. The van der Waals surface area contributed by atoms with Gasteiger partial charge in [-0.1, -0.05) is 29.8 Å². The smallest absolute Gasteiger partial charge is 0.338 e. The van der Waals surface area contributed by atoms with Gasteiger partial charge in [0, 0.05) is 10.9 Å². The first-order chi connectivity index (χ1) is 12.9. The molecule has 0 saturated carbocycles. The normalized spacial score (nSPS) is 16.9. The van der Waals surface area contributed by atoms with Crippen molar-refractivity contribution in [3.05, 3.63) is 63.3 Å². The summed E-state index contributed by atoms with van der Waals surface area (Å²) in [6, 6.07) is 9.60. The van der Waals surface area contributed by atoms with Crippen LogP contribution in [0.4, 0.5) is 0 Å². The van der Waals surface area contributed by atoms with Crippen LogP contribution in [0.15, 0.2) is 47.1 Å². The molecule has 0 bridgehead atoms. The second-order valence-electron chi connectivity index (χ2n) is 6.13. The van der Waals surface area contributed by atoms with Crippen LogP contribution in [0.25, 0.3) is 10.9 Å². The van der Waals surface area contributed by atoms with Crippen LogP contribution in [0, 0.1) is 18.3 Å². The van der Waals surface area contributed by atoms with Crippen molar-refractivity contribution in [1.82, 2.24) is 4.98 Å². The fraction of sp³-hybridized carbons (Fsp3) is 0.250. The van der Waals surface area contributed by atoms with Crippen LogP contribution in [-0.4, -0.2) is 17.6 Å². The number of halogens is 1. The van der Waals surface area contributed by atoms with E-state index in [9.17, 15) is 10.1 Å². The van der Waals surface area contributed by atoms with E-state index in [0.29, 0.717) is 5.56 Å². The van der Waals surface area contributed by atoms with Crippen molar-refractivity contribution in [3.8, 4) is 6.07 Å². The van der Waals surface area contributed by atoms with E-state index in [4.69, 9.17) is 26.8 Å². The zero-order valence-corrected chi connectivity index (χ0v) is 15.9. The van der Waals surface area contributed by atoms with Crippen molar-refractivity contribution < 1.29 is 14.3 Å². The van der Waals surface area contributed by atoms with Crippen LogP contribution in [0.3, 0.4) is 0 Å². The molecule has 0 aliphatic carbocycles. The van der Waals surface area contributed by atoms with Gasteiger partial charge in [0.2, 0.25) is 5.88 Å². The summed E-state index contributed by atoms with van der Waals surface area (Å²) in [7, 11) is 0. The van der Waals surface area contributed by atoms with Gasteiger partial charge in [0.05, 0.1) is 23.6 Å². The van der Waals surface area contributed by atoms with E-state index in [2.05, 4.69) is 4.98 Å². The largest absolute Gasteiger partial charge is 0.463 e. The minimum Gasteiger partial charge on any atom is -0.463 e. The molecule has 2 heterocycles. The third kappa shape index (κ3) is 3.22. The van der Waals surface area contributed by atoms with Gasteiger partial charge in [-0.3, -0.25) is 0 Å². The van der Waals surface area contributed by atoms with Crippen LogP contribution in [0.2, 0.25) is 5.15 Å². The molecule has 0 fully saturated rings. The highest BCUT2D eigenvalue weighted by molar-refractivity contribution is 6.31. The average molecular weight is 384 g/mol. The molecule has 3 rings (SSSR count). The molecule has 1 aliphatic rings. The van der Waals surface area contributed by atoms with E-state index in [0.717, 1.165) is 16.5 Å². The van der Waals surface area contributed by atoms with Crippen molar-refractivity contribution >= 4 is 28.5 Å². The highest BCUT2D eigenvalue weighted by Crippen LogP contribution is 2.42. The summed E-state index contributed by atoms with van der Waals surface area (Å²) in [5, 5.41) is 10.7. The molecular formula is C20H18ClN3O3. The number of pyridine rings is 1. The maximum Gasteiger partial charge on any atom is 0.338 e. The number of nitrogens with zero attached hydrogens (tertiary/aromatic N) is 2. The lowest BCUT2D eigenvalue weighted by Gasteiger charge is -2.27. The Balaban J connectivity index is 2.28. The summed E-state index contributed by atoms with van der Waals surface area (Å²) in [5.74, 6) is -1.18. The number of carbonyl (C=O) groups is 1. The predicted molar refractivity (Wildman–Crippen MR) is 101 cm³/mol. The first-order valence-corrected chi connectivity index (χ1v) is 8.78. The summed E-state index contributed by atoms with van der Waals surface area (Å²) in [6.45, 7) is 5.43. The SMILES string of the molecule is CCOC(=O)C1=C(C)OC(N)=C(C#N)[C@H]1c1cc2cccc(C)c2nc1Cl. The summed E-state index contributed by atoms with van der Waals surface area (Å²) in [5.41, 5.74) is 8.44. The second kappa shape index (κ2) is 7.29. The lowest BCUT2D eigenvalue weighted by atomic mass is 9.83. The van der Waals surface area contributed by atoms with Gasteiger partial charge >= 0.3 is 5.97 Å². The zero-order valence-electron chi connectivity index (χ0n) is 15.2. The Labute approximate surface area is 161 Å². The Morgan fingerprint density at radius 1 is 1.44 bits per heavy atom. The predicted octanol–water partition coefficient (Wildman–Crippen LogP) is 3.84. The molecule has 2 aromatic rings. The Kier molecular flexibility index (Phi) is 5.06. The number of nitrogens with two attached hydrogens (primary N) is 1. The minimum absolute atomic E-state index is 0.0616. The Bertz CT molecular complexity index is 1050. The third-order valence-electron chi connectivity index (χ3n) is 4.44. The first-order valence-electron chi connectivity index (χ1n) is 8.40. The van der Waals surface area contributed by atoms with E-state index in [1.807, 2.05) is 37.3 Å². The summed E-state index contributed by atoms with van der Waals surface area (Å²) >= 11 is 6.47. The molecule has 6 nitrogen and oxygen atoms in total. The highest BCUT2D eigenvalue weighted by Gasteiger charge is 2.37. The summed E-state index contributed by atoms with van der Waals surface area (Å²) < 4.78 is 10.6. The van der Waals surface area contributed by atoms with Crippen molar-refractivity contribution in [3.63, 3.8) is 0 Å². The van der Waals surface area contributed by atoms with Gasteiger partial charge in [0.25, 0.3) is 0 Å². The molecular weight excluding hydrogens is 366 g/mol. The Morgan fingerprint density at radius 3 is 2.85 bits per heavy atom. The number of rotatable bonds is 3. The van der Waals surface area contributed by atoms with Gasteiger partial charge < -0.3 is 15.2 Å². The Hall–Kier alpha value is -3.04. The number of fused-ring (bicyclic) bond motifs is 1. The quantitative estimate of drug-likeness (QED) is 0.638. The number of hydrogen-bond acceptors (Lipinski definition) is 6. The van der Waals surface area contributed by atoms with Crippen molar-refractivity contribution in [2.24, 2.45) is 5.73 Å². The zero-order chi connectivity index (χ0) is 19.7. The van der Waals surface area contributed by atoms with E-state index in [1.54, 1.807) is 13.8 Å². The monoisotopic (exact) mass is 383 g/mol. The van der Waals surface area contributed by atoms with Gasteiger partial charge in [0.1, 0.15) is 22.6 Å². The van der Waals surface area contributed by atoms with Crippen LogP contribution < -0.4 is 5.73 Å². The van der Waals surface area contributed by atoms with Crippen molar-refractivity contribution in [2.75, 3.05) is 6.61 Å². The number of carbonyl (C=O) groups excluding carboxylic acids is 1. The first kappa shape index (κ1) is 18.7. The molecule has 1 aromatic heterocycles. The summed E-state index contributed by atoms with van der Waals surface area (Å²) in [4.78, 5) is 17.1. The Morgan fingerprint density at radius 2 is 2.19 bits per heavy atom. The minimum atomic E-state index is -0.812. The van der Waals surface area contributed by atoms with Crippen molar-refractivity contribution in [1.29, 1.82) is 5.26 Å². The number of allylic oxidation sites excluding steroid dienone is 2. The maximum absolute atomic E-state index is 12.6. The lowest BCUT2D eigenvalue weighted by Crippen LogP contribution is -2.26. The topological polar surface area (TPSA) is 98.2 Å². The van der Waals surface area contributed by atoms with Gasteiger partial charge in [-0.25, -0.2) is 9.78 Å². The van der Waals surface area contributed by atoms with E-state index >= 15 is 0 Å². The number of benzene rings is 1. The third-order valence-corrected chi connectivity index (χ3v) is 4.74. The molecule has 27 heavy (non-hydrogen) atoms. The molecule has 1 atom stereocenters. The van der Waals surface area contributed by atoms with Crippen LogP contribution >= 0.6 is 11.6 Å². The second-order valence-corrected chi connectivity index (χ2v) is 6.49. The van der Waals surface area contributed by atoms with Gasteiger partial charge in [-0.05, 0) is 32.4 Å². The van der Waals surface area contributed by atoms with E-state index < -0.39 is 11.9 Å². The van der Waals surface area contributed by atoms with Crippen molar-refractivity contribution in [2.45, 2.75) is 26.7 Å². The molecule has 138 valence electrons. The maximum atomic E-state index is 12.6. The fourth-order valence-corrected chi connectivity index (χ4v) is 3.46. The van der Waals surface area contributed by atoms with Gasteiger partial charge in [0.15, 0.2) is 0 Å². The number of esters is 1. The van der Waals surface area contributed by atoms with Crippen LogP contribution in [-0.2, 0) is 14.3 Å². The average Bonchev–Trinajstić information content (AvgIpc) is 2.61. The number of hydrogen-bond donors (Lipinski definition) is 1. The molecule has 7 heteroatoms. The summed E-state index contributed by atoms with van der Waals surface area (Å²) in [6.07, 6.45) is 0. The molecule has 2 N–H and O–H groups in total. The van der Waals surface area contributed by atoms with E-state index in [1.165, 1.54) is 0 Å². The molecule has 1 aliphatic heterocycles. The molecule has 0 unspecified atom stereocenters. The number of para-hydroxylation sites is 1. The van der Waals surface area contributed by atoms with Crippen LogP contribution in [0.5, 0.6) is 0 Å². The molecule has 0 spiro atoms. The van der Waals surface area contributed by atoms with E-state index in [-0.39, 0.29) is 34.5 Å². The van der Waals surface area contributed by atoms with Crippen LogP contribution in [0.1, 0.15) is 30.9 Å². The molecule has 0 radical (unpaired) electrons. The standard InChI is InChI=1S/C20H18ClN3O3/c1-4-26-20(25)15-11(3)27-19(23)14(9-22)16(15)13-8-12-7-5-6-10(2)17(12)24-18(13)21/h5-8,16H,4,23H2,1-3H3/t16-/m1/s1. The molecule has 0 amide bonds. The number of ether oxygens (including phenoxy) is 2. The molecule has 1 aromatic carbocycles.